The Labute approximate surface area is 122 Å². The Hall–Kier alpha value is -2.82. The molecule has 0 saturated heterocycles. The maximum atomic E-state index is 12.3. The number of carboxylic acids is 1. The molecule has 0 aliphatic rings. The molecular formula is C16H15NO4. The van der Waals surface area contributed by atoms with Crippen LogP contribution in [0.25, 0.3) is 0 Å². The lowest BCUT2D eigenvalue weighted by Crippen LogP contribution is -2.14. The van der Waals surface area contributed by atoms with Gasteiger partial charge in [0.2, 0.25) is 0 Å². The molecule has 5 nitrogen and oxygen atoms in total. The van der Waals surface area contributed by atoms with Gasteiger partial charge >= 0.3 is 5.97 Å². The first-order valence-electron chi connectivity index (χ1n) is 6.31. The van der Waals surface area contributed by atoms with Gasteiger partial charge in [-0.2, -0.15) is 0 Å². The lowest BCUT2D eigenvalue weighted by molar-refractivity contribution is 0.0696. The van der Waals surface area contributed by atoms with Crippen molar-refractivity contribution in [2.45, 2.75) is 6.92 Å². The molecule has 0 radical (unpaired) electrons. The summed E-state index contributed by atoms with van der Waals surface area (Å²) in [4.78, 5) is 23.2. The summed E-state index contributed by atoms with van der Waals surface area (Å²) in [6.45, 7) is 1.85. The number of hydrogen-bond donors (Lipinski definition) is 2. The van der Waals surface area contributed by atoms with Crippen LogP contribution in [0.4, 0.5) is 5.69 Å². The fourth-order valence-electron chi connectivity index (χ4n) is 2.03. The first kappa shape index (κ1) is 14.6. The number of carboxylic acid groups (broad SMARTS) is 1. The molecule has 2 aromatic carbocycles. The van der Waals surface area contributed by atoms with E-state index in [1.165, 1.54) is 19.2 Å². The van der Waals surface area contributed by atoms with Crippen molar-refractivity contribution in [3.8, 4) is 5.75 Å². The maximum Gasteiger partial charge on any atom is 0.335 e. The predicted molar refractivity (Wildman–Crippen MR) is 79.1 cm³/mol. The molecule has 5 heteroatoms. The number of hydrogen-bond acceptors (Lipinski definition) is 3. The highest BCUT2D eigenvalue weighted by Gasteiger charge is 2.14. The normalized spacial score (nSPS) is 10.0. The fraction of sp³-hybridized carbons (Fsp3) is 0.125. The molecule has 0 heterocycles. The van der Waals surface area contributed by atoms with Gasteiger partial charge in [0.15, 0.2) is 0 Å². The van der Waals surface area contributed by atoms with Crippen molar-refractivity contribution < 1.29 is 19.4 Å². The van der Waals surface area contributed by atoms with Crippen molar-refractivity contribution >= 4 is 17.6 Å². The number of rotatable bonds is 4. The minimum Gasteiger partial charge on any atom is -0.496 e. The van der Waals surface area contributed by atoms with Gasteiger partial charge in [-0.05, 0) is 36.8 Å². The van der Waals surface area contributed by atoms with Crippen LogP contribution in [-0.2, 0) is 0 Å². The second kappa shape index (κ2) is 6.09. The molecule has 0 fully saturated rings. The van der Waals surface area contributed by atoms with Crippen LogP contribution in [0.1, 0.15) is 26.3 Å². The van der Waals surface area contributed by atoms with Crippen LogP contribution in [0.3, 0.4) is 0 Å². The van der Waals surface area contributed by atoms with Gasteiger partial charge in [-0.25, -0.2) is 4.79 Å². The Balaban J connectivity index is 2.28. The number of carbonyl (C=O) groups is 2. The van der Waals surface area contributed by atoms with E-state index in [1.807, 2.05) is 13.0 Å². The number of nitrogens with one attached hydrogen (secondary N) is 1. The molecule has 2 aromatic rings. The number of anilines is 1. The molecule has 0 aliphatic carbocycles. The molecule has 108 valence electrons. The lowest BCUT2D eigenvalue weighted by atomic mass is 10.1. The molecule has 0 bridgehead atoms. The maximum absolute atomic E-state index is 12.3. The van der Waals surface area contributed by atoms with Crippen LogP contribution in [0.15, 0.2) is 42.5 Å². The summed E-state index contributed by atoms with van der Waals surface area (Å²) in [5, 5.41) is 11.6. The molecule has 0 aromatic heterocycles. The van der Waals surface area contributed by atoms with Crippen LogP contribution in [0, 0.1) is 6.92 Å². The van der Waals surface area contributed by atoms with Crippen LogP contribution in [0.5, 0.6) is 5.75 Å². The average molecular weight is 285 g/mol. The molecule has 2 rings (SSSR count). The number of para-hydroxylation sites is 1. The number of amides is 1. The first-order valence-corrected chi connectivity index (χ1v) is 6.31. The van der Waals surface area contributed by atoms with E-state index < -0.39 is 5.97 Å². The van der Waals surface area contributed by atoms with Gasteiger partial charge in [-0.1, -0.05) is 18.2 Å². The molecule has 0 unspecified atom stereocenters. The van der Waals surface area contributed by atoms with Crippen molar-refractivity contribution in [2.75, 3.05) is 12.4 Å². The SMILES string of the molecule is COc1c(C)cccc1C(=O)Nc1cccc(C(=O)O)c1. The molecule has 0 aliphatic heterocycles. The minimum atomic E-state index is -1.04. The zero-order valence-corrected chi connectivity index (χ0v) is 11.7. The van der Waals surface area contributed by atoms with Gasteiger partial charge in [0.1, 0.15) is 5.75 Å². The highest BCUT2D eigenvalue weighted by molar-refractivity contribution is 6.06. The van der Waals surface area contributed by atoms with E-state index in [0.717, 1.165) is 5.56 Å². The van der Waals surface area contributed by atoms with Gasteiger partial charge in [0, 0.05) is 5.69 Å². The van der Waals surface area contributed by atoms with E-state index in [2.05, 4.69) is 5.32 Å². The van der Waals surface area contributed by atoms with E-state index in [4.69, 9.17) is 9.84 Å². The molecule has 21 heavy (non-hydrogen) atoms. The number of ether oxygens (including phenoxy) is 1. The zero-order chi connectivity index (χ0) is 15.4. The monoisotopic (exact) mass is 285 g/mol. The third-order valence-electron chi connectivity index (χ3n) is 3.03. The summed E-state index contributed by atoms with van der Waals surface area (Å²) in [5.74, 6) is -0.887. The second-order valence-corrected chi connectivity index (χ2v) is 4.50. The summed E-state index contributed by atoms with van der Waals surface area (Å²) in [5.41, 5.74) is 1.79. The fourth-order valence-corrected chi connectivity index (χ4v) is 2.03. The van der Waals surface area contributed by atoms with Crippen molar-refractivity contribution in [2.24, 2.45) is 0 Å². The molecule has 2 N–H and O–H groups in total. The summed E-state index contributed by atoms with van der Waals surface area (Å²) in [7, 11) is 1.50. The minimum absolute atomic E-state index is 0.115. The number of aryl methyl sites for hydroxylation is 1. The Morgan fingerprint density at radius 2 is 1.86 bits per heavy atom. The third kappa shape index (κ3) is 3.20. The predicted octanol–water partition coefficient (Wildman–Crippen LogP) is 2.95. The third-order valence-corrected chi connectivity index (χ3v) is 3.03. The van der Waals surface area contributed by atoms with Gasteiger partial charge in [0.25, 0.3) is 5.91 Å². The van der Waals surface area contributed by atoms with Crippen molar-refractivity contribution in [1.29, 1.82) is 0 Å². The summed E-state index contributed by atoms with van der Waals surface area (Å²) >= 11 is 0. The quantitative estimate of drug-likeness (QED) is 0.905. The van der Waals surface area contributed by atoms with Gasteiger partial charge < -0.3 is 15.2 Å². The van der Waals surface area contributed by atoms with Gasteiger partial charge in [0.05, 0.1) is 18.2 Å². The van der Waals surface area contributed by atoms with Crippen molar-refractivity contribution in [1.82, 2.24) is 0 Å². The van der Waals surface area contributed by atoms with Crippen LogP contribution in [-0.4, -0.2) is 24.1 Å². The molecular weight excluding hydrogens is 270 g/mol. The highest BCUT2D eigenvalue weighted by Crippen LogP contribution is 2.24. The number of methoxy groups -OCH3 is 1. The molecule has 0 atom stereocenters. The highest BCUT2D eigenvalue weighted by atomic mass is 16.5. The van der Waals surface area contributed by atoms with Crippen LogP contribution >= 0.6 is 0 Å². The van der Waals surface area contributed by atoms with Crippen LogP contribution < -0.4 is 10.1 Å². The number of aromatic carboxylic acids is 1. The Morgan fingerprint density at radius 3 is 2.52 bits per heavy atom. The topological polar surface area (TPSA) is 75.6 Å². The average Bonchev–Trinajstić information content (AvgIpc) is 2.47. The summed E-state index contributed by atoms with van der Waals surface area (Å²) < 4.78 is 5.24. The van der Waals surface area contributed by atoms with Crippen molar-refractivity contribution in [3.05, 3.63) is 59.2 Å². The van der Waals surface area contributed by atoms with Gasteiger partial charge in [-0.15, -0.1) is 0 Å². The Morgan fingerprint density at radius 1 is 1.14 bits per heavy atom. The second-order valence-electron chi connectivity index (χ2n) is 4.50. The number of carbonyl (C=O) groups excluding carboxylic acids is 1. The van der Waals surface area contributed by atoms with Crippen LogP contribution in [0.2, 0.25) is 0 Å². The largest absolute Gasteiger partial charge is 0.496 e. The zero-order valence-electron chi connectivity index (χ0n) is 11.7. The number of benzene rings is 2. The van der Waals surface area contributed by atoms with E-state index in [0.29, 0.717) is 17.0 Å². The van der Waals surface area contributed by atoms with Gasteiger partial charge in [-0.3, -0.25) is 4.79 Å². The van der Waals surface area contributed by atoms with E-state index in [-0.39, 0.29) is 11.5 Å². The summed E-state index contributed by atoms with van der Waals surface area (Å²) in [6, 6.07) is 11.3. The smallest absolute Gasteiger partial charge is 0.335 e. The first-order chi connectivity index (χ1) is 10.0. The van der Waals surface area contributed by atoms with E-state index in [9.17, 15) is 9.59 Å². The Kier molecular flexibility index (Phi) is 4.23. The van der Waals surface area contributed by atoms with Crippen molar-refractivity contribution in [3.63, 3.8) is 0 Å². The van der Waals surface area contributed by atoms with E-state index >= 15 is 0 Å². The Bertz CT molecular complexity index is 694. The molecule has 0 saturated carbocycles. The van der Waals surface area contributed by atoms with E-state index in [1.54, 1.807) is 24.3 Å². The summed E-state index contributed by atoms with van der Waals surface area (Å²) in [6.07, 6.45) is 0. The lowest BCUT2D eigenvalue weighted by Gasteiger charge is -2.11. The molecule has 1 amide bonds. The molecule has 0 spiro atoms. The standard InChI is InChI=1S/C16H15NO4/c1-10-5-3-8-13(14(10)21-2)15(18)17-12-7-4-6-11(9-12)16(19)20/h3-9H,1-2H3,(H,17,18)(H,19,20).